The summed E-state index contributed by atoms with van der Waals surface area (Å²) in [6, 6.07) is 7.94. The summed E-state index contributed by atoms with van der Waals surface area (Å²) in [5, 5.41) is 11.0. The van der Waals surface area contributed by atoms with Crippen molar-refractivity contribution in [2.75, 3.05) is 23.3 Å². The molecule has 6 nitrogen and oxygen atoms in total. The van der Waals surface area contributed by atoms with E-state index in [0.29, 0.717) is 13.0 Å². The molecule has 0 radical (unpaired) electrons. The minimum Gasteiger partial charge on any atom is -0.383 e. The third-order valence-corrected chi connectivity index (χ3v) is 3.40. The van der Waals surface area contributed by atoms with Crippen molar-refractivity contribution >= 4 is 17.3 Å². The lowest BCUT2D eigenvalue weighted by atomic mass is 10.2. The number of benzene rings is 1. The number of carbonyl (C=O) groups excluding carboxylic acids is 1. The summed E-state index contributed by atoms with van der Waals surface area (Å²) in [6.07, 6.45) is 4.77. The molecule has 2 heterocycles. The number of nitrogens with one attached hydrogen (secondary N) is 1. The Hall–Kier alpha value is -2.37. The molecular weight excluding hydrogens is 254 g/mol. The Morgan fingerprint density at radius 3 is 3.10 bits per heavy atom. The molecular formula is C14H17N5O. The Kier molecular flexibility index (Phi) is 3.62. The van der Waals surface area contributed by atoms with E-state index in [9.17, 15) is 4.79 Å². The molecule has 1 aromatic heterocycles. The van der Waals surface area contributed by atoms with Crippen LogP contribution in [0, 0.1) is 0 Å². The highest BCUT2D eigenvalue weighted by Crippen LogP contribution is 2.28. The summed E-state index contributed by atoms with van der Waals surface area (Å²) in [5.41, 5.74) is 1.99. The van der Waals surface area contributed by atoms with E-state index in [0.717, 1.165) is 30.9 Å². The summed E-state index contributed by atoms with van der Waals surface area (Å²) < 4.78 is 1.68. The molecule has 20 heavy (non-hydrogen) atoms. The van der Waals surface area contributed by atoms with Gasteiger partial charge in [0.2, 0.25) is 5.91 Å². The number of nitrogens with zero attached hydrogens (tertiary/aromatic N) is 4. The highest BCUT2D eigenvalue weighted by molar-refractivity contribution is 5.96. The van der Waals surface area contributed by atoms with Crippen LogP contribution < -0.4 is 10.2 Å². The number of anilines is 2. The molecule has 0 spiro atoms. The number of carbonyl (C=O) groups is 1. The Morgan fingerprint density at radius 2 is 2.25 bits per heavy atom. The van der Waals surface area contributed by atoms with Crippen molar-refractivity contribution < 1.29 is 4.79 Å². The molecule has 6 heteroatoms. The van der Waals surface area contributed by atoms with Gasteiger partial charge in [0.25, 0.3) is 0 Å². The molecule has 1 amide bonds. The Labute approximate surface area is 117 Å². The fourth-order valence-corrected chi connectivity index (χ4v) is 2.40. The zero-order chi connectivity index (χ0) is 13.8. The zero-order valence-electron chi connectivity index (χ0n) is 11.2. The smallest absolute Gasteiger partial charge is 0.228 e. The number of fused-ring (bicyclic) bond motifs is 1. The standard InChI is InChI=1S/C14H17N5O/c20-14(6-10-18-11-8-16-17-18)19-9-3-7-15-12-4-1-2-5-13(12)19/h1-2,4-5,8,11,15H,3,6-7,9-10H2. The van der Waals surface area contributed by atoms with Gasteiger partial charge in [0.15, 0.2) is 0 Å². The SMILES string of the molecule is O=C(CCn1ccnn1)N1CCCNc2ccccc21. The second-order valence-corrected chi connectivity index (χ2v) is 4.76. The van der Waals surface area contributed by atoms with Gasteiger partial charge < -0.3 is 10.2 Å². The maximum atomic E-state index is 12.4. The number of para-hydroxylation sites is 2. The van der Waals surface area contributed by atoms with Gasteiger partial charge in [0.05, 0.1) is 24.1 Å². The minimum absolute atomic E-state index is 0.122. The van der Waals surface area contributed by atoms with Crippen molar-refractivity contribution in [3.8, 4) is 0 Å². The topological polar surface area (TPSA) is 63.1 Å². The van der Waals surface area contributed by atoms with E-state index in [1.165, 1.54) is 0 Å². The van der Waals surface area contributed by atoms with Crippen LogP contribution in [-0.4, -0.2) is 34.0 Å². The second kappa shape index (κ2) is 5.73. The summed E-state index contributed by atoms with van der Waals surface area (Å²) in [5.74, 6) is 0.122. The lowest BCUT2D eigenvalue weighted by molar-refractivity contribution is -0.118. The number of amides is 1. The van der Waals surface area contributed by atoms with Crippen LogP contribution in [0.5, 0.6) is 0 Å². The van der Waals surface area contributed by atoms with Crippen molar-refractivity contribution in [3.05, 3.63) is 36.7 Å². The van der Waals surface area contributed by atoms with Crippen LogP contribution in [0.2, 0.25) is 0 Å². The molecule has 1 aromatic carbocycles. The molecule has 1 aliphatic rings. The van der Waals surface area contributed by atoms with Crippen molar-refractivity contribution in [1.29, 1.82) is 0 Å². The first kappa shape index (κ1) is 12.7. The minimum atomic E-state index is 0.122. The first-order valence-corrected chi connectivity index (χ1v) is 6.82. The van der Waals surface area contributed by atoms with Crippen LogP contribution in [0.3, 0.4) is 0 Å². The predicted molar refractivity (Wildman–Crippen MR) is 76.5 cm³/mol. The molecule has 0 bridgehead atoms. The van der Waals surface area contributed by atoms with Gasteiger partial charge in [-0.3, -0.25) is 9.48 Å². The Bertz CT molecular complexity index is 581. The van der Waals surface area contributed by atoms with E-state index in [2.05, 4.69) is 15.6 Å². The number of aryl methyl sites for hydroxylation is 1. The molecule has 104 valence electrons. The second-order valence-electron chi connectivity index (χ2n) is 4.76. The molecule has 0 saturated carbocycles. The average Bonchev–Trinajstić information content (AvgIpc) is 2.90. The lowest BCUT2D eigenvalue weighted by Gasteiger charge is -2.22. The first-order valence-electron chi connectivity index (χ1n) is 6.82. The van der Waals surface area contributed by atoms with Crippen LogP contribution >= 0.6 is 0 Å². The van der Waals surface area contributed by atoms with Crippen LogP contribution in [0.15, 0.2) is 36.7 Å². The predicted octanol–water partition coefficient (Wildman–Crippen LogP) is 1.52. The van der Waals surface area contributed by atoms with Gasteiger partial charge in [-0.2, -0.15) is 0 Å². The van der Waals surface area contributed by atoms with Gasteiger partial charge in [-0.25, -0.2) is 0 Å². The van der Waals surface area contributed by atoms with E-state index >= 15 is 0 Å². The molecule has 0 atom stereocenters. The van der Waals surface area contributed by atoms with Crippen molar-refractivity contribution in [3.63, 3.8) is 0 Å². The number of hydrogen-bond donors (Lipinski definition) is 1. The van der Waals surface area contributed by atoms with Gasteiger partial charge >= 0.3 is 0 Å². The fourth-order valence-electron chi connectivity index (χ4n) is 2.40. The largest absolute Gasteiger partial charge is 0.383 e. The average molecular weight is 271 g/mol. The maximum absolute atomic E-state index is 12.4. The normalized spacial score (nSPS) is 14.3. The highest BCUT2D eigenvalue weighted by atomic mass is 16.2. The van der Waals surface area contributed by atoms with Gasteiger partial charge in [-0.1, -0.05) is 17.3 Å². The van der Waals surface area contributed by atoms with Crippen molar-refractivity contribution in [2.24, 2.45) is 0 Å². The highest BCUT2D eigenvalue weighted by Gasteiger charge is 2.20. The zero-order valence-corrected chi connectivity index (χ0v) is 11.2. The summed E-state index contributed by atoms with van der Waals surface area (Å²) in [7, 11) is 0. The van der Waals surface area contributed by atoms with E-state index < -0.39 is 0 Å². The molecule has 0 unspecified atom stereocenters. The van der Waals surface area contributed by atoms with E-state index in [4.69, 9.17) is 0 Å². The van der Waals surface area contributed by atoms with Gasteiger partial charge in [-0.15, -0.1) is 5.10 Å². The fraction of sp³-hybridized carbons (Fsp3) is 0.357. The molecule has 0 fully saturated rings. The first-order chi connectivity index (χ1) is 9.84. The van der Waals surface area contributed by atoms with E-state index in [1.807, 2.05) is 29.2 Å². The lowest BCUT2D eigenvalue weighted by Crippen LogP contribution is -2.32. The molecule has 1 aliphatic heterocycles. The quantitative estimate of drug-likeness (QED) is 0.919. The monoisotopic (exact) mass is 271 g/mol. The third kappa shape index (κ3) is 2.64. The molecule has 0 saturated heterocycles. The van der Waals surface area contributed by atoms with Gasteiger partial charge in [0.1, 0.15) is 0 Å². The summed E-state index contributed by atoms with van der Waals surface area (Å²) in [4.78, 5) is 14.3. The maximum Gasteiger partial charge on any atom is 0.228 e. The van der Waals surface area contributed by atoms with Crippen LogP contribution in [0.1, 0.15) is 12.8 Å². The summed E-state index contributed by atoms with van der Waals surface area (Å²) >= 11 is 0. The van der Waals surface area contributed by atoms with E-state index in [1.54, 1.807) is 17.1 Å². The Balaban J connectivity index is 1.73. The number of aromatic nitrogens is 3. The van der Waals surface area contributed by atoms with Crippen LogP contribution in [0.4, 0.5) is 11.4 Å². The van der Waals surface area contributed by atoms with Crippen molar-refractivity contribution in [2.45, 2.75) is 19.4 Å². The van der Waals surface area contributed by atoms with Crippen LogP contribution in [-0.2, 0) is 11.3 Å². The number of hydrogen-bond acceptors (Lipinski definition) is 4. The molecule has 0 aliphatic carbocycles. The molecule has 3 rings (SSSR count). The molecule has 1 N–H and O–H groups in total. The van der Waals surface area contributed by atoms with E-state index in [-0.39, 0.29) is 5.91 Å². The molecule has 2 aromatic rings. The Morgan fingerprint density at radius 1 is 1.35 bits per heavy atom. The van der Waals surface area contributed by atoms with Crippen LogP contribution in [0.25, 0.3) is 0 Å². The number of rotatable bonds is 3. The van der Waals surface area contributed by atoms with Gasteiger partial charge in [0, 0.05) is 25.7 Å². The van der Waals surface area contributed by atoms with Gasteiger partial charge in [-0.05, 0) is 18.6 Å². The van der Waals surface area contributed by atoms with Crippen molar-refractivity contribution in [1.82, 2.24) is 15.0 Å². The third-order valence-electron chi connectivity index (χ3n) is 3.40. The summed E-state index contributed by atoms with van der Waals surface area (Å²) in [6.45, 7) is 2.20.